The molecule has 0 bridgehead atoms. The van der Waals surface area contributed by atoms with Crippen LogP contribution in [0, 0.1) is 0 Å². The molecule has 0 amide bonds. The van der Waals surface area contributed by atoms with Crippen LogP contribution in [0.25, 0.3) is 0 Å². The topological polar surface area (TPSA) is 12.0 Å². The first kappa shape index (κ1) is 11.2. The van der Waals surface area contributed by atoms with E-state index in [-0.39, 0.29) is 0 Å². The Morgan fingerprint density at radius 1 is 1.33 bits per heavy atom. The zero-order valence-corrected chi connectivity index (χ0v) is 10.5. The van der Waals surface area contributed by atoms with Crippen LogP contribution in [-0.4, -0.2) is 6.54 Å². The highest BCUT2D eigenvalue weighted by molar-refractivity contribution is 7.12. The first-order valence-electron chi connectivity index (χ1n) is 6.21. The lowest BCUT2D eigenvalue weighted by atomic mass is 9.99. The molecule has 1 nitrogen and oxygen atoms in total. The summed E-state index contributed by atoms with van der Waals surface area (Å²) in [4.78, 5) is 3.20. The van der Waals surface area contributed by atoms with Gasteiger partial charge in [-0.2, -0.15) is 0 Å². The number of thiophene rings is 1. The molecule has 0 aliphatic heterocycles. The highest BCUT2D eigenvalue weighted by Crippen LogP contribution is 2.29. The summed E-state index contributed by atoms with van der Waals surface area (Å²) in [6.07, 6.45) is 8.03. The average Bonchev–Trinajstić information content (AvgIpc) is 2.67. The van der Waals surface area contributed by atoms with Crippen molar-refractivity contribution in [3.8, 4) is 0 Å². The normalized spacial score (nSPS) is 15.3. The summed E-state index contributed by atoms with van der Waals surface area (Å²) >= 11 is 2.03. The second kappa shape index (κ2) is 5.66. The molecule has 1 N–H and O–H groups in total. The number of unbranched alkanes of at least 4 members (excludes halogenated alkanes) is 1. The highest BCUT2D eigenvalue weighted by atomic mass is 32.1. The van der Waals surface area contributed by atoms with Crippen LogP contribution in [0.1, 0.15) is 47.9 Å². The summed E-state index contributed by atoms with van der Waals surface area (Å²) in [5.74, 6) is 0. The molecule has 0 fully saturated rings. The van der Waals surface area contributed by atoms with Gasteiger partial charge >= 0.3 is 0 Å². The number of aryl methyl sites for hydroxylation is 2. The maximum atomic E-state index is 3.52. The van der Waals surface area contributed by atoms with Crippen molar-refractivity contribution >= 4 is 11.3 Å². The van der Waals surface area contributed by atoms with Gasteiger partial charge in [-0.25, -0.2) is 0 Å². The number of nitrogens with one attached hydrogen (secondary N) is 1. The Kier molecular flexibility index (Phi) is 4.21. The lowest BCUT2D eigenvalue weighted by Gasteiger charge is -2.08. The molecule has 2 heteroatoms. The lowest BCUT2D eigenvalue weighted by molar-refractivity contribution is 0.645. The predicted octanol–water partition coefficient (Wildman–Crippen LogP) is 3.52. The minimum absolute atomic E-state index is 1.08. The predicted molar refractivity (Wildman–Crippen MR) is 67.6 cm³/mol. The second-order valence-corrected chi connectivity index (χ2v) is 5.62. The van der Waals surface area contributed by atoms with E-state index in [4.69, 9.17) is 0 Å². The molecule has 0 atom stereocenters. The zero-order chi connectivity index (χ0) is 10.5. The number of rotatable bonds is 5. The Balaban J connectivity index is 1.84. The van der Waals surface area contributed by atoms with Crippen molar-refractivity contribution in [1.82, 2.24) is 5.32 Å². The maximum absolute atomic E-state index is 3.52. The number of hydrogen-bond donors (Lipinski definition) is 1. The Bertz CT molecular complexity index is 280. The van der Waals surface area contributed by atoms with Crippen molar-refractivity contribution in [3.63, 3.8) is 0 Å². The third-order valence-electron chi connectivity index (χ3n) is 3.05. The van der Waals surface area contributed by atoms with Crippen molar-refractivity contribution in [1.29, 1.82) is 0 Å². The zero-order valence-electron chi connectivity index (χ0n) is 9.64. The average molecular weight is 223 g/mol. The highest BCUT2D eigenvalue weighted by Gasteiger charge is 2.12. The van der Waals surface area contributed by atoms with Crippen LogP contribution in [0.5, 0.6) is 0 Å². The van der Waals surface area contributed by atoms with E-state index in [1.54, 1.807) is 10.4 Å². The summed E-state index contributed by atoms with van der Waals surface area (Å²) < 4.78 is 0. The molecule has 0 aromatic carbocycles. The van der Waals surface area contributed by atoms with Gasteiger partial charge in [-0.3, -0.25) is 0 Å². The van der Waals surface area contributed by atoms with Crippen LogP contribution in [0.4, 0.5) is 0 Å². The first-order valence-corrected chi connectivity index (χ1v) is 7.03. The van der Waals surface area contributed by atoms with Gasteiger partial charge in [0.15, 0.2) is 0 Å². The van der Waals surface area contributed by atoms with Crippen molar-refractivity contribution in [3.05, 3.63) is 21.4 Å². The Hall–Kier alpha value is -0.340. The molecule has 0 saturated heterocycles. The minimum atomic E-state index is 1.08. The molecule has 1 aliphatic carbocycles. The van der Waals surface area contributed by atoms with Gasteiger partial charge in [0.05, 0.1) is 0 Å². The molecule has 0 saturated carbocycles. The summed E-state index contributed by atoms with van der Waals surface area (Å²) in [5.41, 5.74) is 1.64. The van der Waals surface area contributed by atoms with E-state index in [1.165, 1.54) is 49.9 Å². The van der Waals surface area contributed by atoms with Gasteiger partial charge in [0.2, 0.25) is 0 Å². The van der Waals surface area contributed by atoms with Gasteiger partial charge in [0.1, 0.15) is 0 Å². The van der Waals surface area contributed by atoms with E-state index in [0.29, 0.717) is 0 Å². The maximum Gasteiger partial charge on any atom is 0.0299 e. The fraction of sp³-hybridized carbons (Fsp3) is 0.692. The van der Waals surface area contributed by atoms with Crippen molar-refractivity contribution < 1.29 is 0 Å². The van der Waals surface area contributed by atoms with E-state index in [1.807, 2.05) is 11.3 Å². The van der Waals surface area contributed by atoms with Gasteiger partial charge in [0, 0.05) is 16.3 Å². The molecule has 84 valence electrons. The molecule has 0 spiro atoms. The fourth-order valence-electron chi connectivity index (χ4n) is 2.15. The van der Waals surface area contributed by atoms with Crippen LogP contribution < -0.4 is 5.32 Å². The van der Waals surface area contributed by atoms with Gasteiger partial charge in [-0.15, -0.1) is 11.3 Å². The Morgan fingerprint density at radius 3 is 3.00 bits per heavy atom. The SMILES string of the molecule is CCCCNCc1cc2c(s1)CCCC2. The molecular weight excluding hydrogens is 202 g/mol. The summed E-state index contributed by atoms with van der Waals surface area (Å²) in [7, 11) is 0. The van der Waals surface area contributed by atoms with Crippen LogP contribution in [-0.2, 0) is 19.4 Å². The van der Waals surface area contributed by atoms with Crippen LogP contribution >= 0.6 is 11.3 Å². The molecule has 1 aromatic heterocycles. The number of hydrogen-bond acceptors (Lipinski definition) is 2. The number of fused-ring (bicyclic) bond motifs is 1. The molecule has 1 heterocycles. The minimum Gasteiger partial charge on any atom is -0.312 e. The van der Waals surface area contributed by atoms with E-state index in [0.717, 1.165) is 6.54 Å². The van der Waals surface area contributed by atoms with Crippen LogP contribution in [0.3, 0.4) is 0 Å². The third-order valence-corrected chi connectivity index (χ3v) is 4.29. The van der Waals surface area contributed by atoms with E-state index in [9.17, 15) is 0 Å². The molecular formula is C13H21NS. The van der Waals surface area contributed by atoms with Crippen molar-refractivity contribution in [2.24, 2.45) is 0 Å². The lowest BCUT2D eigenvalue weighted by Crippen LogP contribution is -2.13. The fourth-order valence-corrected chi connectivity index (χ4v) is 3.38. The molecule has 15 heavy (non-hydrogen) atoms. The summed E-state index contributed by atoms with van der Waals surface area (Å²) in [6, 6.07) is 2.43. The summed E-state index contributed by atoms with van der Waals surface area (Å²) in [6.45, 7) is 4.49. The van der Waals surface area contributed by atoms with E-state index in [2.05, 4.69) is 18.3 Å². The van der Waals surface area contributed by atoms with Crippen LogP contribution in [0.2, 0.25) is 0 Å². The Labute approximate surface area is 96.9 Å². The third kappa shape index (κ3) is 3.05. The van der Waals surface area contributed by atoms with Crippen LogP contribution in [0.15, 0.2) is 6.07 Å². The van der Waals surface area contributed by atoms with Gasteiger partial charge < -0.3 is 5.32 Å². The molecule has 2 rings (SSSR count). The van der Waals surface area contributed by atoms with Crippen molar-refractivity contribution in [2.75, 3.05) is 6.54 Å². The molecule has 0 unspecified atom stereocenters. The van der Waals surface area contributed by atoms with Gasteiger partial charge in [-0.05, 0) is 50.3 Å². The molecule has 1 aliphatic rings. The monoisotopic (exact) mass is 223 g/mol. The molecule has 0 radical (unpaired) electrons. The van der Waals surface area contributed by atoms with Gasteiger partial charge in [-0.1, -0.05) is 13.3 Å². The quantitative estimate of drug-likeness (QED) is 0.753. The second-order valence-electron chi connectivity index (χ2n) is 4.40. The smallest absolute Gasteiger partial charge is 0.0299 e. The van der Waals surface area contributed by atoms with Crippen molar-refractivity contribution in [2.45, 2.75) is 52.0 Å². The van der Waals surface area contributed by atoms with Gasteiger partial charge in [0.25, 0.3) is 0 Å². The summed E-state index contributed by atoms with van der Waals surface area (Å²) in [5, 5.41) is 3.52. The Morgan fingerprint density at radius 2 is 2.20 bits per heavy atom. The molecule has 1 aromatic rings. The standard InChI is InChI=1S/C13H21NS/c1-2-3-8-14-10-12-9-11-6-4-5-7-13(11)15-12/h9,14H,2-8,10H2,1H3. The largest absolute Gasteiger partial charge is 0.312 e. The first-order chi connectivity index (χ1) is 7.40. The van der Waals surface area contributed by atoms with E-state index >= 15 is 0 Å². The van der Waals surface area contributed by atoms with E-state index < -0.39 is 0 Å².